The molecule has 2 heterocycles. The fourth-order valence-electron chi connectivity index (χ4n) is 2.93. The Morgan fingerprint density at radius 1 is 1.40 bits per heavy atom. The minimum Gasteiger partial charge on any atom is -0.282 e. The molecule has 3 rings (SSSR count). The smallest absolute Gasteiger partial charge is 0.263 e. The van der Waals surface area contributed by atoms with Crippen LogP contribution in [0.5, 0.6) is 0 Å². The van der Waals surface area contributed by atoms with Crippen LogP contribution < -0.4 is 5.56 Å². The second-order valence-electron chi connectivity index (χ2n) is 5.22. The Morgan fingerprint density at radius 3 is 2.95 bits per heavy atom. The molecule has 0 saturated heterocycles. The minimum atomic E-state index is -0.0144. The van der Waals surface area contributed by atoms with E-state index in [4.69, 9.17) is 5.26 Å². The Morgan fingerprint density at radius 2 is 2.20 bits per heavy atom. The van der Waals surface area contributed by atoms with Crippen molar-refractivity contribution in [1.29, 1.82) is 5.26 Å². The zero-order chi connectivity index (χ0) is 14.1. The monoisotopic (exact) mass is 287 g/mol. The van der Waals surface area contributed by atoms with Gasteiger partial charge in [0.05, 0.1) is 11.5 Å². The van der Waals surface area contributed by atoms with E-state index < -0.39 is 0 Å². The first-order chi connectivity index (χ1) is 9.76. The van der Waals surface area contributed by atoms with Gasteiger partial charge in [-0.3, -0.25) is 9.36 Å². The minimum absolute atomic E-state index is 0.0144. The van der Waals surface area contributed by atoms with E-state index in [-0.39, 0.29) is 12.1 Å². The van der Waals surface area contributed by atoms with E-state index in [0.717, 1.165) is 48.1 Å². The summed E-state index contributed by atoms with van der Waals surface area (Å²) in [4.78, 5) is 19.6. The molecule has 0 aliphatic heterocycles. The first-order valence-electron chi connectivity index (χ1n) is 7.17. The molecule has 0 saturated carbocycles. The molecule has 0 spiro atoms. The summed E-state index contributed by atoms with van der Waals surface area (Å²) < 4.78 is 1.56. The summed E-state index contributed by atoms with van der Waals surface area (Å²) in [6, 6.07) is 2.09. The molecular formula is C15H17N3OS. The van der Waals surface area contributed by atoms with Crippen molar-refractivity contribution >= 4 is 21.6 Å². The van der Waals surface area contributed by atoms with Crippen LogP contribution in [0.4, 0.5) is 0 Å². The van der Waals surface area contributed by atoms with Crippen LogP contribution in [0, 0.1) is 11.3 Å². The highest BCUT2D eigenvalue weighted by Gasteiger charge is 2.21. The van der Waals surface area contributed by atoms with Crippen LogP contribution in [0.3, 0.4) is 0 Å². The standard InChI is InChI=1S/C15H17N3OS/c1-2-5-12-17-14-13(15(19)18(12)9-8-16)10-6-3-4-7-11(10)20-14/h2-7,9H2,1H3. The molecule has 2 aromatic heterocycles. The van der Waals surface area contributed by atoms with E-state index in [1.807, 2.05) is 0 Å². The van der Waals surface area contributed by atoms with Crippen molar-refractivity contribution in [3.05, 3.63) is 26.6 Å². The molecular weight excluding hydrogens is 270 g/mol. The maximum absolute atomic E-state index is 12.7. The molecule has 1 aliphatic carbocycles. The second kappa shape index (κ2) is 5.37. The lowest BCUT2D eigenvalue weighted by molar-refractivity contribution is 0.677. The average Bonchev–Trinajstić information content (AvgIpc) is 2.81. The normalized spacial score (nSPS) is 14.2. The molecule has 0 N–H and O–H groups in total. The van der Waals surface area contributed by atoms with Crippen LogP contribution in [0.15, 0.2) is 4.79 Å². The molecule has 0 atom stereocenters. The third kappa shape index (κ3) is 2.04. The molecule has 0 radical (unpaired) electrons. The zero-order valence-electron chi connectivity index (χ0n) is 11.6. The fourth-order valence-corrected chi connectivity index (χ4v) is 4.20. The number of aryl methyl sites for hydroxylation is 3. The van der Waals surface area contributed by atoms with Crippen molar-refractivity contribution in [3.8, 4) is 6.07 Å². The van der Waals surface area contributed by atoms with Crippen LogP contribution in [-0.4, -0.2) is 9.55 Å². The van der Waals surface area contributed by atoms with Crippen molar-refractivity contribution in [2.24, 2.45) is 0 Å². The summed E-state index contributed by atoms with van der Waals surface area (Å²) in [6.07, 6.45) is 6.06. The molecule has 5 heteroatoms. The Labute approximate surface area is 121 Å². The largest absolute Gasteiger partial charge is 0.282 e. The van der Waals surface area contributed by atoms with E-state index in [9.17, 15) is 4.79 Å². The predicted molar refractivity (Wildman–Crippen MR) is 80.1 cm³/mol. The molecule has 2 aromatic rings. The third-order valence-electron chi connectivity index (χ3n) is 3.86. The van der Waals surface area contributed by atoms with Crippen molar-refractivity contribution < 1.29 is 0 Å². The van der Waals surface area contributed by atoms with E-state index in [1.165, 1.54) is 16.9 Å². The number of hydrogen-bond donors (Lipinski definition) is 0. The van der Waals surface area contributed by atoms with Gasteiger partial charge in [0.25, 0.3) is 5.56 Å². The molecule has 0 aromatic carbocycles. The van der Waals surface area contributed by atoms with Crippen LogP contribution in [0.25, 0.3) is 10.2 Å². The van der Waals surface area contributed by atoms with Crippen LogP contribution in [0.2, 0.25) is 0 Å². The van der Waals surface area contributed by atoms with Gasteiger partial charge in [0.15, 0.2) is 0 Å². The fraction of sp³-hybridized carbons (Fsp3) is 0.533. The van der Waals surface area contributed by atoms with Gasteiger partial charge >= 0.3 is 0 Å². The number of fused-ring (bicyclic) bond motifs is 3. The SMILES string of the molecule is CCCc1nc2sc3c(c2c(=O)n1CC#N)CCCC3. The number of aromatic nitrogens is 2. The van der Waals surface area contributed by atoms with Crippen LogP contribution >= 0.6 is 11.3 Å². The second-order valence-corrected chi connectivity index (χ2v) is 6.30. The van der Waals surface area contributed by atoms with Gasteiger partial charge in [0, 0.05) is 11.3 Å². The summed E-state index contributed by atoms with van der Waals surface area (Å²) in [5.74, 6) is 0.755. The lowest BCUT2D eigenvalue weighted by Crippen LogP contribution is -2.25. The lowest BCUT2D eigenvalue weighted by Gasteiger charge is -2.11. The van der Waals surface area contributed by atoms with Crippen LogP contribution in [-0.2, 0) is 25.8 Å². The molecule has 0 fully saturated rings. The summed E-state index contributed by atoms with van der Waals surface area (Å²) in [5, 5.41) is 9.74. The predicted octanol–water partition coefficient (Wildman–Crippen LogP) is 2.81. The maximum Gasteiger partial charge on any atom is 0.263 e. The lowest BCUT2D eigenvalue weighted by atomic mass is 9.97. The first kappa shape index (κ1) is 13.3. The van der Waals surface area contributed by atoms with E-state index in [1.54, 1.807) is 15.9 Å². The van der Waals surface area contributed by atoms with Gasteiger partial charge < -0.3 is 0 Å². The van der Waals surface area contributed by atoms with Crippen molar-refractivity contribution in [2.45, 2.75) is 52.0 Å². The summed E-state index contributed by atoms with van der Waals surface area (Å²) in [6.45, 7) is 2.16. The zero-order valence-corrected chi connectivity index (χ0v) is 12.4. The van der Waals surface area contributed by atoms with E-state index in [0.29, 0.717) is 0 Å². The topological polar surface area (TPSA) is 58.7 Å². The van der Waals surface area contributed by atoms with Gasteiger partial charge in [-0.05, 0) is 37.7 Å². The van der Waals surface area contributed by atoms with Gasteiger partial charge in [0.2, 0.25) is 0 Å². The van der Waals surface area contributed by atoms with Gasteiger partial charge in [-0.1, -0.05) is 6.92 Å². The number of thiophene rings is 1. The number of nitriles is 1. The van der Waals surface area contributed by atoms with Gasteiger partial charge in [-0.25, -0.2) is 4.98 Å². The number of rotatable bonds is 3. The van der Waals surface area contributed by atoms with Gasteiger partial charge in [-0.2, -0.15) is 5.26 Å². The maximum atomic E-state index is 12.7. The van der Waals surface area contributed by atoms with Crippen molar-refractivity contribution in [1.82, 2.24) is 9.55 Å². The highest BCUT2D eigenvalue weighted by Crippen LogP contribution is 2.33. The van der Waals surface area contributed by atoms with Crippen molar-refractivity contribution in [3.63, 3.8) is 0 Å². The highest BCUT2D eigenvalue weighted by molar-refractivity contribution is 7.18. The molecule has 0 bridgehead atoms. The molecule has 104 valence electrons. The van der Waals surface area contributed by atoms with Crippen LogP contribution in [0.1, 0.15) is 42.5 Å². The number of hydrogen-bond acceptors (Lipinski definition) is 4. The van der Waals surface area contributed by atoms with E-state index >= 15 is 0 Å². The first-order valence-corrected chi connectivity index (χ1v) is 7.98. The average molecular weight is 287 g/mol. The molecule has 0 unspecified atom stereocenters. The Kier molecular flexibility index (Phi) is 3.58. The van der Waals surface area contributed by atoms with Gasteiger partial charge in [0.1, 0.15) is 17.2 Å². The quantitative estimate of drug-likeness (QED) is 0.872. The highest BCUT2D eigenvalue weighted by atomic mass is 32.1. The summed E-state index contributed by atoms with van der Waals surface area (Å²) >= 11 is 1.67. The Bertz CT molecular complexity index is 751. The third-order valence-corrected chi connectivity index (χ3v) is 5.04. The number of nitrogens with zero attached hydrogens (tertiary/aromatic N) is 3. The summed E-state index contributed by atoms with van der Waals surface area (Å²) in [7, 11) is 0. The molecule has 4 nitrogen and oxygen atoms in total. The Hall–Kier alpha value is -1.67. The molecule has 0 amide bonds. The summed E-state index contributed by atoms with van der Waals surface area (Å²) in [5.41, 5.74) is 1.18. The van der Waals surface area contributed by atoms with Gasteiger partial charge in [-0.15, -0.1) is 11.3 Å². The molecule has 1 aliphatic rings. The van der Waals surface area contributed by atoms with Crippen molar-refractivity contribution in [2.75, 3.05) is 0 Å². The molecule has 20 heavy (non-hydrogen) atoms. The van der Waals surface area contributed by atoms with E-state index in [2.05, 4.69) is 18.0 Å². The Balaban J connectivity index is 2.30.